The van der Waals surface area contributed by atoms with E-state index >= 15 is 0 Å². The molecule has 0 rings (SSSR count). The monoisotopic (exact) mass is 330 g/mol. The summed E-state index contributed by atoms with van der Waals surface area (Å²) in [6.45, 7) is 24.0. The van der Waals surface area contributed by atoms with Crippen molar-refractivity contribution in [2.45, 2.75) is 65.2 Å². The lowest BCUT2D eigenvalue weighted by atomic mass is 10.3. The average Bonchev–Trinajstić information content (AvgIpc) is 2.29. The van der Waals surface area contributed by atoms with E-state index in [-0.39, 0.29) is 11.8 Å². The summed E-state index contributed by atoms with van der Waals surface area (Å²) in [6, 6.07) is 0. The third-order valence-electron chi connectivity index (χ3n) is 3.01. The lowest BCUT2D eigenvalue weighted by molar-refractivity contribution is 0.0260. The maximum Gasteiger partial charge on any atom is 0.202 e. The summed E-state index contributed by atoms with van der Waals surface area (Å²) in [7, 11) is -2.96. The Bertz CT molecular complexity index is 340. The van der Waals surface area contributed by atoms with Crippen molar-refractivity contribution in [3.63, 3.8) is 0 Å². The van der Waals surface area contributed by atoms with E-state index in [1.807, 2.05) is 13.8 Å². The molecule has 2 atom stereocenters. The summed E-state index contributed by atoms with van der Waals surface area (Å²) < 4.78 is 18.2. The van der Waals surface area contributed by atoms with Crippen molar-refractivity contribution >= 4 is 17.4 Å². The lowest BCUT2D eigenvalue weighted by Crippen LogP contribution is -2.50. The zero-order valence-corrected chi connectivity index (χ0v) is 17.1. The Morgan fingerprint density at radius 3 is 1.95 bits per heavy atom. The zero-order valence-electron chi connectivity index (χ0n) is 15.0. The van der Waals surface area contributed by atoms with Crippen LogP contribution in [0.4, 0.5) is 0 Å². The molecule has 2 unspecified atom stereocenters. The van der Waals surface area contributed by atoms with Crippen LogP contribution in [-0.2, 0) is 13.6 Å². The second-order valence-electron chi connectivity index (χ2n) is 6.84. The van der Waals surface area contributed by atoms with E-state index in [4.69, 9.17) is 13.6 Å². The van der Waals surface area contributed by atoms with Gasteiger partial charge in [-0.05, 0) is 53.4 Å². The van der Waals surface area contributed by atoms with Crippen molar-refractivity contribution in [3.05, 3.63) is 24.3 Å². The number of rotatable bonds is 11. The molecule has 0 saturated carbocycles. The normalized spacial score (nSPS) is 15.0. The van der Waals surface area contributed by atoms with Crippen LogP contribution in [0.2, 0.25) is 26.2 Å². The molecule has 0 aliphatic carbocycles. The second kappa shape index (κ2) is 9.74. The van der Waals surface area contributed by atoms with Crippen molar-refractivity contribution < 1.29 is 13.6 Å². The molecular formula is C16H34O3Si2. The van der Waals surface area contributed by atoms with Crippen LogP contribution in [0.25, 0.3) is 0 Å². The Labute approximate surface area is 134 Å². The summed E-state index contributed by atoms with van der Waals surface area (Å²) in [5, 5.41) is 0. The molecule has 0 heterocycles. The highest BCUT2D eigenvalue weighted by atomic mass is 28.4. The number of hydrogen-bond acceptors (Lipinski definition) is 3. The summed E-state index contributed by atoms with van der Waals surface area (Å²) in [5.41, 5.74) is 2.22. The Morgan fingerprint density at radius 2 is 1.52 bits per heavy atom. The first-order valence-corrected chi connectivity index (χ1v) is 13.5. The fraction of sp³-hybridized carbons (Fsp3) is 0.750. The first-order chi connectivity index (χ1) is 9.54. The Morgan fingerprint density at radius 1 is 1.05 bits per heavy atom. The van der Waals surface area contributed by atoms with Crippen molar-refractivity contribution in [2.24, 2.45) is 0 Å². The van der Waals surface area contributed by atoms with Gasteiger partial charge < -0.3 is 13.6 Å². The van der Waals surface area contributed by atoms with E-state index in [0.29, 0.717) is 13.2 Å². The van der Waals surface area contributed by atoms with E-state index in [0.717, 1.165) is 17.6 Å². The fourth-order valence-corrected chi connectivity index (χ4v) is 8.98. The average molecular weight is 331 g/mol. The number of ether oxygens (including phenoxy) is 2. The quantitative estimate of drug-likeness (QED) is 0.422. The highest BCUT2D eigenvalue weighted by Gasteiger charge is 2.36. The van der Waals surface area contributed by atoms with E-state index in [9.17, 15) is 0 Å². The molecule has 0 saturated heterocycles. The van der Waals surface area contributed by atoms with Crippen LogP contribution >= 0.6 is 0 Å². The van der Waals surface area contributed by atoms with Gasteiger partial charge in [0.1, 0.15) is 0 Å². The number of hydrogen-bond donors (Lipinski definition) is 0. The van der Waals surface area contributed by atoms with Gasteiger partial charge in [0.25, 0.3) is 0 Å². The molecule has 0 bridgehead atoms. The van der Waals surface area contributed by atoms with Crippen LogP contribution in [-0.4, -0.2) is 42.4 Å². The summed E-state index contributed by atoms with van der Waals surface area (Å²) in [5.74, 6) is 0. The standard InChI is InChI=1S/C16H34O3Si2/c1-13(2)11-17-15(5)10-16(18-12-14(3)4)21(8,9)19-20(6)7/h15-16,20H,1,3,10-12H2,2,4-9H3. The van der Waals surface area contributed by atoms with E-state index in [2.05, 4.69) is 46.3 Å². The van der Waals surface area contributed by atoms with Crippen LogP contribution in [0.5, 0.6) is 0 Å². The highest BCUT2D eigenvalue weighted by Crippen LogP contribution is 2.21. The minimum absolute atomic E-state index is 0.129. The van der Waals surface area contributed by atoms with Crippen LogP contribution in [0, 0.1) is 0 Å². The molecule has 0 amide bonds. The first-order valence-electron chi connectivity index (χ1n) is 7.74. The molecule has 124 valence electrons. The highest BCUT2D eigenvalue weighted by molar-refractivity contribution is 6.78. The summed E-state index contributed by atoms with van der Waals surface area (Å²) >= 11 is 0. The fourth-order valence-electron chi connectivity index (χ4n) is 2.13. The van der Waals surface area contributed by atoms with Crippen molar-refractivity contribution in [1.29, 1.82) is 0 Å². The second-order valence-corrected chi connectivity index (χ2v) is 13.7. The largest absolute Gasteiger partial charge is 0.457 e. The van der Waals surface area contributed by atoms with Crippen LogP contribution in [0.3, 0.4) is 0 Å². The molecule has 0 aliphatic rings. The molecule has 0 aromatic rings. The summed E-state index contributed by atoms with van der Waals surface area (Å²) in [6.07, 6.45) is 1.00. The van der Waals surface area contributed by atoms with Gasteiger partial charge in [0, 0.05) is 0 Å². The van der Waals surface area contributed by atoms with Crippen LogP contribution in [0.1, 0.15) is 27.2 Å². The van der Waals surface area contributed by atoms with Gasteiger partial charge in [-0.25, -0.2) is 0 Å². The smallest absolute Gasteiger partial charge is 0.202 e. The molecule has 0 fully saturated rings. The molecule has 0 spiro atoms. The van der Waals surface area contributed by atoms with Crippen LogP contribution < -0.4 is 0 Å². The first kappa shape index (κ1) is 20.8. The topological polar surface area (TPSA) is 27.7 Å². The van der Waals surface area contributed by atoms with E-state index in [1.165, 1.54) is 0 Å². The summed E-state index contributed by atoms with van der Waals surface area (Å²) in [4.78, 5) is 0. The molecule has 21 heavy (non-hydrogen) atoms. The predicted molar refractivity (Wildman–Crippen MR) is 96.8 cm³/mol. The molecule has 0 aromatic carbocycles. The van der Waals surface area contributed by atoms with Gasteiger partial charge in [0.05, 0.1) is 25.0 Å². The minimum Gasteiger partial charge on any atom is -0.457 e. The third kappa shape index (κ3) is 10.2. The van der Waals surface area contributed by atoms with Crippen molar-refractivity contribution in [1.82, 2.24) is 0 Å². The Hall–Kier alpha value is -0.206. The van der Waals surface area contributed by atoms with Crippen molar-refractivity contribution in [3.8, 4) is 0 Å². The van der Waals surface area contributed by atoms with Gasteiger partial charge in [-0.2, -0.15) is 0 Å². The maximum atomic E-state index is 6.31. The van der Waals surface area contributed by atoms with Gasteiger partial charge in [0.2, 0.25) is 8.32 Å². The van der Waals surface area contributed by atoms with Crippen LogP contribution in [0.15, 0.2) is 24.3 Å². The van der Waals surface area contributed by atoms with Gasteiger partial charge in [-0.15, -0.1) is 0 Å². The Balaban J connectivity index is 4.71. The van der Waals surface area contributed by atoms with Gasteiger partial charge in [-0.1, -0.05) is 24.3 Å². The van der Waals surface area contributed by atoms with Gasteiger partial charge >= 0.3 is 0 Å². The van der Waals surface area contributed by atoms with E-state index < -0.39 is 17.4 Å². The molecule has 0 aromatic heterocycles. The Kier molecular flexibility index (Phi) is 9.64. The molecule has 3 nitrogen and oxygen atoms in total. The third-order valence-corrected chi connectivity index (χ3v) is 9.27. The minimum atomic E-state index is -1.89. The molecule has 0 radical (unpaired) electrons. The lowest BCUT2D eigenvalue weighted by Gasteiger charge is -2.35. The van der Waals surface area contributed by atoms with Crippen molar-refractivity contribution in [2.75, 3.05) is 13.2 Å². The zero-order chi connectivity index (χ0) is 16.6. The SMILES string of the molecule is C=C(C)COC(C)CC(OCC(=C)C)[Si](C)(C)O[SiH](C)C. The molecular weight excluding hydrogens is 296 g/mol. The maximum absolute atomic E-state index is 6.31. The molecule has 5 heteroatoms. The van der Waals surface area contributed by atoms with Gasteiger partial charge in [-0.3, -0.25) is 0 Å². The van der Waals surface area contributed by atoms with E-state index in [1.54, 1.807) is 0 Å². The predicted octanol–water partition coefficient (Wildman–Crippen LogP) is 4.06. The molecule has 0 aliphatic heterocycles. The molecule has 0 N–H and O–H groups in total. The van der Waals surface area contributed by atoms with Gasteiger partial charge in [0.15, 0.2) is 9.04 Å².